The van der Waals surface area contributed by atoms with Crippen molar-refractivity contribution >= 4 is 17.1 Å². The first-order chi connectivity index (χ1) is 29.8. The van der Waals surface area contributed by atoms with Crippen LogP contribution in [0.15, 0.2) is 212 Å². The van der Waals surface area contributed by atoms with Crippen molar-refractivity contribution in [3.8, 4) is 66.8 Å². The quantitative estimate of drug-likeness (QED) is 0.156. The van der Waals surface area contributed by atoms with Gasteiger partial charge in [-0.2, -0.15) is 0 Å². The van der Waals surface area contributed by atoms with Crippen molar-refractivity contribution in [3.63, 3.8) is 0 Å². The lowest BCUT2D eigenvalue weighted by molar-refractivity contribution is 0.660. The van der Waals surface area contributed by atoms with Gasteiger partial charge >= 0.3 is 0 Å². The molecule has 0 radical (unpaired) electrons. The Hall–Kier alpha value is -7.22. The third-order valence-electron chi connectivity index (χ3n) is 13.5. The van der Waals surface area contributed by atoms with E-state index in [9.17, 15) is 0 Å². The molecular weight excluding hydrogens is 735 g/mol. The predicted molar refractivity (Wildman–Crippen MR) is 258 cm³/mol. The molecule has 0 aromatic heterocycles. The first-order valence-electron chi connectivity index (χ1n) is 21.5. The first kappa shape index (κ1) is 36.8. The molecule has 2 aliphatic carbocycles. The average molecular weight is 782 g/mol. The minimum Gasteiger partial charge on any atom is -0.310 e. The Morgan fingerprint density at radius 1 is 0.262 bits per heavy atom. The van der Waals surface area contributed by atoms with Crippen LogP contribution in [-0.4, -0.2) is 0 Å². The van der Waals surface area contributed by atoms with Crippen molar-refractivity contribution in [3.05, 3.63) is 235 Å². The van der Waals surface area contributed by atoms with E-state index < -0.39 is 0 Å². The molecule has 1 nitrogen and oxygen atoms in total. The van der Waals surface area contributed by atoms with Crippen molar-refractivity contribution in [2.45, 2.75) is 38.5 Å². The Balaban J connectivity index is 1.07. The van der Waals surface area contributed by atoms with Gasteiger partial charge in [0.05, 0.1) is 0 Å². The average Bonchev–Trinajstić information content (AvgIpc) is 3.70. The Morgan fingerprint density at radius 3 is 1.11 bits per heavy atom. The van der Waals surface area contributed by atoms with Gasteiger partial charge in [0.15, 0.2) is 0 Å². The molecule has 1 heteroatoms. The summed E-state index contributed by atoms with van der Waals surface area (Å²) in [7, 11) is 0. The Bertz CT molecular complexity index is 2980. The second-order valence-electron chi connectivity index (χ2n) is 17.7. The van der Waals surface area contributed by atoms with Crippen LogP contribution in [0, 0.1) is 0 Å². The highest BCUT2D eigenvalue weighted by Gasteiger charge is 2.38. The summed E-state index contributed by atoms with van der Waals surface area (Å²) < 4.78 is 0. The fraction of sp³-hybridized carbons (Fsp3) is 0.100. The van der Waals surface area contributed by atoms with Gasteiger partial charge < -0.3 is 4.90 Å². The molecule has 0 aliphatic heterocycles. The van der Waals surface area contributed by atoms with Gasteiger partial charge in [-0.15, -0.1) is 0 Å². The van der Waals surface area contributed by atoms with Gasteiger partial charge in [-0.1, -0.05) is 204 Å². The SMILES string of the molecule is CC1(C)c2ccccc2-c2c(-c3cccc(N(c4ccc(-c5ccccc5-c5ccccc5)cc4)c4cccc(-c5cccc6c5-c5ccccc5C6(C)C)c4)c3)cccc21. The minimum absolute atomic E-state index is 0.0692. The summed E-state index contributed by atoms with van der Waals surface area (Å²) in [5.41, 5.74) is 23.9. The van der Waals surface area contributed by atoms with Crippen LogP contribution in [0.3, 0.4) is 0 Å². The van der Waals surface area contributed by atoms with E-state index in [1.165, 1.54) is 89.0 Å². The summed E-state index contributed by atoms with van der Waals surface area (Å²) in [5.74, 6) is 0. The molecule has 11 rings (SSSR count). The molecule has 0 atom stereocenters. The zero-order chi connectivity index (χ0) is 41.3. The van der Waals surface area contributed by atoms with Crippen LogP contribution >= 0.6 is 0 Å². The number of benzene rings is 9. The van der Waals surface area contributed by atoms with E-state index in [4.69, 9.17) is 0 Å². The fourth-order valence-electron chi connectivity index (χ4n) is 10.5. The first-order valence-corrected chi connectivity index (χ1v) is 21.5. The molecule has 0 bridgehead atoms. The number of hydrogen-bond acceptors (Lipinski definition) is 1. The highest BCUT2D eigenvalue weighted by Crippen LogP contribution is 2.54. The predicted octanol–water partition coefficient (Wildman–Crippen LogP) is 16.4. The molecule has 0 unspecified atom stereocenters. The van der Waals surface area contributed by atoms with E-state index in [1.54, 1.807) is 0 Å². The molecule has 0 saturated heterocycles. The van der Waals surface area contributed by atoms with E-state index in [0.717, 1.165) is 17.1 Å². The van der Waals surface area contributed by atoms with Gasteiger partial charge in [-0.05, 0) is 125 Å². The molecule has 0 saturated carbocycles. The lowest BCUT2D eigenvalue weighted by Gasteiger charge is -2.27. The third kappa shape index (κ3) is 5.91. The number of fused-ring (bicyclic) bond motifs is 6. The van der Waals surface area contributed by atoms with Gasteiger partial charge in [0.1, 0.15) is 0 Å². The van der Waals surface area contributed by atoms with Crippen LogP contribution in [0.1, 0.15) is 49.9 Å². The molecule has 0 heterocycles. The summed E-state index contributed by atoms with van der Waals surface area (Å²) in [6.45, 7) is 9.43. The number of nitrogens with zero attached hydrogens (tertiary/aromatic N) is 1. The molecule has 0 spiro atoms. The van der Waals surface area contributed by atoms with Gasteiger partial charge in [-0.3, -0.25) is 0 Å². The molecule has 2 aliphatic rings. The van der Waals surface area contributed by atoms with Gasteiger partial charge in [0, 0.05) is 27.9 Å². The highest BCUT2D eigenvalue weighted by atomic mass is 15.1. The second-order valence-corrected chi connectivity index (χ2v) is 17.7. The zero-order valence-electron chi connectivity index (χ0n) is 35.2. The second kappa shape index (κ2) is 14.2. The number of rotatable bonds is 7. The Kier molecular flexibility index (Phi) is 8.58. The Labute approximate surface area is 360 Å². The molecule has 0 N–H and O–H groups in total. The number of anilines is 3. The molecular formula is C60H47N. The van der Waals surface area contributed by atoms with Gasteiger partial charge in [-0.25, -0.2) is 0 Å². The molecule has 61 heavy (non-hydrogen) atoms. The van der Waals surface area contributed by atoms with Crippen LogP contribution in [0.4, 0.5) is 17.1 Å². The van der Waals surface area contributed by atoms with E-state index in [-0.39, 0.29) is 10.8 Å². The molecule has 9 aromatic carbocycles. The molecule has 9 aromatic rings. The van der Waals surface area contributed by atoms with Crippen molar-refractivity contribution in [2.24, 2.45) is 0 Å². The Morgan fingerprint density at radius 2 is 0.623 bits per heavy atom. The van der Waals surface area contributed by atoms with E-state index in [2.05, 4.69) is 245 Å². The standard InChI is InChI=1S/C60H47N/c1-59(2)53-30-12-10-26-51(53)57-49(28-16-32-55(57)59)42-20-14-22-45(38-42)61(44-36-34-41(35-37-44)48-25-9-8-24-47(48)40-18-6-5-7-19-40)46-23-15-21-43(39-46)50-29-17-33-56-58(50)52-27-11-13-31-54(52)60(56,3)4/h5-39H,1-4H3. The van der Waals surface area contributed by atoms with E-state index in [0.29, 0.717) is 0 Å². The number of hydrogen-bond donors (Lipinski definition) is 0. The lowest BCUT2D eigenvalue weighted by atomic mass is 9.82. The summed E-state index contributed by atoms with van der Waals surface area (Å²) in [6.07, 6.45) is 0. The van der Waals surface area contributed by atoms with Crippen molar-refractivity contribution < 1.29 is 0 Å². The summed E-state index contributed by atoms with van der Waals surface area (Å²) >= 11 is 0. The van der Waals surface area contributed by atoms with Gasteiger partial charge in [0.25, 0.3) is 0 Å². The van der Waals surface area contributed by atoms with E-state index in [1.807, 2.05) is 0 Å². The summed E-state index contributed by atoms with van der Waals surface area (Å²) in [5, 5.41) is 0. The summed E-state index contributed by atoms with van der Waals surface area (Å²) in [6, 6.07) is 78.4. The largest absolute Gasteiger partial charge is 0.310 e. The van der Waals surface area contributed by atoms with Crippen LogP contribution in [0.25, 0.3) is 66.8 Å². The fourth-order valence-corrected chi connectivity index (χ4v) is 10.5. The zero-order valence-corrected chi connectivity index (χ0v) is 35.2. The molecule has 292 valence electrons. The van der Waals surface area contributed by atoms with Gasteiger partial charge in [0.2, 0.25) is 0 Å². The topological polar surface area (TPSA) is 3.24 Å². The van der Waals surface area contributed by atoms with Crippen molar-refractivity contribution in [2.75, 3.05) is 4.90 Å². The van der Waals surface area contributed by atoms with Crippen molar-refractivity contribution in [1.82, 2.24) is 0 Å². The third-order valence-corrected chi connectivity index (χ3v) is 13.5. The van der Waals surface area contributed by atoms with Crippen LogP contribution in [0.2, 0.25) is 0 Å². The monoisotopic (exact) mass is 781 g/mol. The van der Waals surface area contributed by atoms with Crippen LogP contribution in [0.5, 0.6) is 0 Å². The van der Waals surface area contributed by atoms with E-state index >= 15 is 0 Å². The lowest BCUT2D eigenvalue weighted by Crippen LogP contribution is -2.14. The van der Waals surface area contributed by atoms with Crippen LogP contribution < -0.4 is 4.90 Å². The maximum atomic E-state index is 2.43. The van der Waals surface area contributed by atoms with Crippen molar-refractivity contribution in [1.29, 1.82) is 0 Å². The summed E-state index contributed by atoms with van der Waals surface area (Å²) in [4.78, 5) is 2.43. The highest BCUT2D eigenvalue weighted by molar-refractivity contribution is 5.96. The minimum atomic E-state index is -0.0692. The molecule has 0 fully saturated rings. The van der Waals surface area contributed by atoms with Crippen LogP contribution in [-0.2, 0) is 10.8 Å². The normalized spacial score (nSPS) is 13.8. The molecule has 0 amide bonds. The maximum absolute atomic E-state index is 2.43. The maximum Gasteiger partial charge on any atom is 0.0467 e. The smallest absolute Gasteiger partial charge is 0.0467 e.